The van der Waals surface area contributed by atoms with Crippen molar-refractivity contribution in [3.8, 4) is 0 Å². The number of aliphatic hydroxyl groups is 1. The number of likely N-dealkylation sites (tertiary alicyclic amines) is 1. The average molecular weight is 230 g/mol. The number of aliphatic carboxylic acids is 1. The van der Waals surface area contributed by atoms with Crippen molar-refractivity contribution in [1.29, 1.82) is 0 Å². The molecule has 1 rings (SSSR count). The highest BCUT2D eigenvalue weighted by Crippen LogP contribution is 2.15. The minimum Gasteiger partial charge on any atom is -0.479 e. The van der Waals surface area contributed by atoms with Crippen LogP contribution in [0.15, 0.2) is 0 Å². The molecule has 1 unspecified atom stereocenters. The van der Waals surface area contributed by atoms with Crippen LogP contribution in [0.5, 0.6) is 0 Å². The Morgan fingerprint density at radius 1 is 1.44 bits per heavy atom. The number of nitrogens with one attached hydrogen (secondary N) is 1. The topological polar surface area (TPSA) is 89.9 Å². The van der Waals surface area contributed by atoms with Crippen LogP contribution in [0.1, 0.15) is 19.8 Å². The van der Waals surface area contributed by atoms with Gasteiger partial charge in [-0.05, 0) is 18.8 Å². The molecule has 0 radical (unpaired) electrons. The van der Waals surface area contributed by atoms with Crippen LogP contribution in [0.25, 0.3) is 0 Å². The average Bonchev–Trinajstić information content (AvgIpc) is 2.26. The van der Waals surface area contributed by atoms with Crippen molar-refractivity contribution in [3.05, 3.63) is 0 Å². The molecular weight excluding hydrogens is 212 g/mol. The summed E-state index contributed by atoms with van der Waals surface area (Å²) in [6.07, 6.45) is 0.400. The zero-order valence-electron chi connectivity index (χ0n) is 9.35. The summed E-state index contributed by atoms with van der Waals surface area (Å²) in [6, 6.07) is -0.299. The maximum Gasteiger partial charge on any atom is 0.334 e. The SMILES string of the molecule is CC1CCN(C(=O)NCC(O)C(=O)O)CC1. The Morgan fingerprint density at radius 2 is 2.00 bits per heavy atom. The fourth-order valence-electron chi connectivity index (χ4n) is 1.59. The second kappa shape index (κ2) is 5.69. The summed E-state index contributed by atoms with van der Waals surface area (Å²) in [4.78, 5) is 23.5. The number of carboxylic acid groups (broad SMARTS) is 1. The van der Waals surface area contributed by atoms with Crippen LogP contribution in [0.3, 0.4) is 0 Å². The first-order valence-corrected chi connectivity index (χ1v) is 5.44. The van der Waals surface area contributed by atoms with Crippen LogP contribution < -0.4 is 5.32 Å². The summed E-state index contributed by atoms with van der Waals surface area (Å²) in [7, 11) is 0. The first-order chi connectivity index (χ1) is 7.50. The molecule has 1 aliphatic heterocycles. The number of carbonyl (C=O) groups is 2. The normalized spacial score (nSPS) is 19.2. The molecule has 0 bridgehead atoms. The highest BCUT2D eigenvalue weighted by atomic mass is 16.4. The summed E-state index contributed by atoms with van der Waals surface area (Å²) in [5, 5.41) is 19.8. The number of amides is 2. The van der Waals surface area contributed by atoms with Crippen molar-refractivity contribution in [1.82, 2.24) is 10.2 Å². The van der Waals surface area contributed by atoms with Gasteiger partial charge in [0.05, 0.1) is 6.54 Å². The lowest BCUT2D eigenvalue weighted by Crippen LogP contribution is -2.47. The van der Waals surface area contributed by atoms with Gasteiger partial charge in [0.15, 0.2) is 6.10 Å². The van der Waals surface area contributed by atoms with Crippen molar-refractivity contribution < 1.29 is 19.8 Å². The number of carbonyl (C=O) groups excluding carboxylic acids is 1. The van der Waals surface area contributed by atoms with Crippen LogP contribution in [-0.4, -0.2) is 52.9 Å². The molecule has 1 atom stereocenters. The molecule has 0 aromatic rings. The molecule has 6 heteroatoms. The van der Waals surface area contributed by atoms with Gasteiger partial charge in [-0.25, -0.2) is 9.59 Å². The van der Waals surface area contributed by atoms with Crippen LogP contribution in [0.2, 0.25) is 0 Å². The molecular formula is C10H18N2O4. The van der Waals surface area contributed by atoms with Crippen molar-refractivity contribution in [2.75, 3.05) is 19.6 Å². The highest BCUT2D eigenvalue weighted by molar-refractivity contribution is 5.76. The minimum absolute atomic E-state index is 0.250. The second-order valence-electron chi connectivity index (χ2n) is 4.21. The number of urea groups is 1. The molecule has 16 heavy (non-hydrogen) atoms. The Kier molecular flexibility index (Phi) is 4.54. The van der Waals surface area contributed by atoms with E-state index >= 15 is 0 Å². The van der Waals surface area contributed by atoms with Gasteiger partial charge >= 0.3 is 12.0 Å². The molecule has 0 aliphatic carbocycles. The molecule has 1 aliphatic rings. The Balaban J connectivity index is 2.27. The molecule has 92 valence electrons. The zero-order valence-corrected chi connectivity index (χ0v) is 9.35. The van der Waals surface area contributed by atoms with Crippen molar-refractivity contribution >= 4 is 12.0 Å². The number of piperidine rings is 1. The molecule has 1 heterocycles. The number of nitrogens with zero attached hydrogens (tertiary/aromatic N) is 1. The Morgan fingerprint density at radius 3 is 2.50 bits per heavy atom. The van der Waals surface area contributed by atoms with Crippen molar-refractivity contribution in [2.24, 2.45) is 5.92 Å². The summed E-state index contributed by atoms with van der Waals surface area (Å²) in [5.41, 5.74) is 0. The van der Waals surface area contributed by atoms with Gasteiger partial charge < -0.3 is 20.4 Å². The molecule has 1 saturated heterocycles. The van der Waals surface area contributed by atoms with Gasteiger partial charge in [0.2, 0.25) is 0 Å². The fourth-order valence-corrected chi connectivity index (χ4v) is 1.59. The fraction of sp³-hybridized carbons (Fsp3) is 0.800. The number of hydrogen-bond donors (Lipinski definition) is 3. The smallest absolute Gasteiger partial charge is 0.334 e. The van der Waals surface area contributed by atoms with Crippen LogP contribution in [-0.2, 0) is 4.79 Å². The van der Waals surface area contributed by atoms with Gasteiger partial charge in [-0.3, -0.25) is 0 Å². The van der Waals surface area contributed by atoms with E-state index in [9.17, 15) is 9.59 Å². The third kappa shape index (κ3) is 3.69. The van der Waals surface area contributed by atoms with Gasteiger partial charge in [-0.1, -0.05) is 6.92 Å². The second-order valence-corrected chi connectivity index (χ2v) is 4.21. The molecule has 3 N–H and O–H groups in total. The van der Waals surface area contributed by atoms with Crippen LogP contribution >= 0.6 is 0 Å². The predicted octanol–water partition coefficient (Wildman–Crippen LogP) is -0.127. The van der Waals surface area contributed by atoms with Crippen molar-refractivity contribution in [3.63, 3.8) is 0 Å². The van der Waals surface area contributed by atoms with Gasteiger partial charge in [0.25, 0.3) is 0 Å². The summed E-state index contributed by atoms with van der Waals surface area (Å²) < 4.78 is 0. The van der Waals surface area contributed by atoms with E-state index in [0.29, 0.717) is 19.0 Å². The standard InChI is InChI=1S/C10H18N2O4/c1-7-2-4-12(5-3-7)10(16)11-6-8(13)9(14)15/h7-8,13H,2-6H2,1H3,(H,11,16)(H,14,15). The lowest BCUT2D eigenvalue weighted by Gasteiger charge is -2.30. The van der Waals surface area contributed by atoms with E-state index < -0.39 is 12.1 Å². The maximum atomic E-state index is 11.5. The monoisotopic (exact) mass is 230 g/mol. The first-order valence-electron chi connectivity index (χ1n) is 5.44. The van der Waals surface area contributed by atoms with Crippen LogP contribution in [0.4, 0.5) is 4.79 Å². The van der Waals surface area contributed by atoms with E-state index in [1.807, 2.05) is 0 Å². The first kappa shape index (κ1) is 12.8. The van der Waals surface area contributed by atoms with Gasteiger partial charge in [-0.15, -0.1) is 0 Å². The molecule has 1 fully saturated rings. The van der Waals surface area contributed by atoms with E-state index in [2.05, 4.69) is 12.2 Å². The van der Waals surface area contributed by atoms with E-state index in [1.165, 1.54) is 0 Å². The number of carboxylic acids is 1. The van der Waals surface area contributed by atoms with Gasteiger partial charge in [-0.2, -0.15) is 0 Å². The Labute approximate surface area is 94.2 Å². The molecule has 0 aromatic carbocycles. The highest BCUT2D eigenvalue weighted by Gasteiger charge is 2.21. The van der Waals surface area contributed by atoms with Crippen LogP contribution in [0, 0.1) is 5.92 Å². The van der Waals surface area contributed by atoms with Crippen molar-refractivity contribution in [2.45, 2.75) is 25.9 Å². The summed E-state index contributed by atoms with van der Waals surface area (Å²) in [5.74, 6) is -0.693. The third-order valence-corrected chi connectivity index (χ3v) is 2.80. The minimum atomic E-state index is -1.53. The summed E-state index contributed by atoms with van der Waals surface area (Å²) in [6.45, 7) is 3.27. The largest absolute Gasteiger partial charge is 0.479 e. The number of rotatable bonds is 3. The lowest BCUT2D eigenvalue weighted by molar-refractivity contribution is -0.146. The molecule has 0 saturated carbocycles. The van der Waals surface area contributed by atoms with E-state index in [4.69, 9.17) is 10.2 Å². The third-order valence-electron chi connectivity index (χ3n) is 2.80. The molecule has 2 amide bonds. The quantitative estimate of drug-likeness (QED) is 0.630. The van der Waals surface area contributed by atoms with E-state index in [0.717, 1.165) is 12.8 Å². The molecule has 6 nitrogen and oxygen atoms in total. The molecule has 0 spiro atoms. The number of hydrogen-bond acceptors (Lipinski definition) is 3. The number of aliphatic hydroxyl groups excluding tert-OH is 1. The predicted molar refractivity (Wildman–Crippen MR) is 57.0 cm³/mol. The zero-order chi connectivity index (χ0) is 12.1. The van der Waals surface area contributed by atoms with E-state index in [1.54, 1.807) is 4.90 Å². The maximum absolute atomic E-state index is 11.5. The van der Waals surface area contributed by atoms with E-state index in [-0.39, 0.29) is 12.6 Å². The summed E-state index contributed by atoms with van der Waals surface area (Å²) >= 11 is 0. The van der Waals surface area contributed by atoms with Gasteiger partial charge in [0, 0.05) is 13.1 Å². The molecule has 0 aromatic heterocycles. The Bertz CT molecular complexity index is 262. The van der Waals surface area contributed by atoms with Gasteiger partial charge in [0.1, 0.15) is 0 Å². The Hall–Kier alpha value is -1.30. The lowest BCUT2D eigenvalue weighted by atomic mass is 10.00.